The average Bonchev–Trinajstić information content (AvgIpc) is 3.18. The van der Waals surface area contributed by atoms with Crippen LogP contribution in [-0.2, 0) is 0 Å². The number of benzene rings is 1. The van der Waals surface area contributed by atoms with Crippen LogP contribution in [0.4, 0.5) is 0 Å². The minimum Gasteiger partial charge on any atom is -0.497 e. The van der Waals surface area contributed by atoms with Crippen molar-refractivity contribution in [2.24, 2.45) is 11.7 Å². The molecule has 1 aromatic rings. The van der Waals surface area contributed by atoms with Gasteiger partial charge >= 0.3 is 0 Å². The minimum atomic E-state index is 0.522. The van der Waals surface area contributed by atoms with Crippen molar-refractivity contribution in [3.8, 4) is 5.75 Å². The normalized spacial score (nSPS) is 28.6. The Morgan fingerprint density at radius 2 is 1.94 bits per heavy atom. The summed E-state index contributed by atoms with van der Waals surface area (Å²) in [5, 5.41) is 0. The summed E-state index contributed by atoms with van der Waals surface area (Å²) in [6.07, 6.45) is 3.97. The maximum Gasteiger partial charge on any atom is 0.118 e. The summed E-state index contributed by atoms with van der Waals surface area (Å²) < 4.78 is 5.23. The quantitative estimate of drug-likeness (QED) is 0.885. The first-order valence-corrected chi connectivity index (χ1v) is 6.93. The molecule has 3 heteroatoms. The van der Waals surface area contributed by atoms with Crippen LogP contribution in [0.3, 0.4) is 0 Å². The first-order valence-electron chi connectivity index (χ1n) is 6.93. The van der Waals surface area contributed by atoms with Gasteiger partial charge in [0.15, 0.2) is 0 Å². The summed E-state index contributed by atoms with van der Waals surface area (Å²) in [5.41, 5.74) is 7.35. The Kier molecular flexibility index (Phi) is 3.27. The Bertz CT molecular complexity index is 399. The summed E-state index contributed by atoms with van der Waals surface area (Å²) >= 11 is 0. The molecule has 1 aliphatic carbocycles. The van der Waals surface area contributed by atoms with Crippen molar-refractivity contribution in [2.45, 2.75) is 31.3 Å². The number of ether oxygens (including phenoxy) is 1. The molecule has 98 valence electrons. The fraction of sp³-hybridized carbons (Fsp3) is 0.600. The van der Waals surface area contributed by atoms with Gasteiger partial charge in [-0.05, 0) is 56.0 Å². The molecule has 0 bridgehead atoms. The fourth-order valence-electron chi connectivity index (χ4n) is 3.21. The highest BCUT2D eigenvalue weighted by molar-refractivity contribution is 5.30. The van der Waals surface area contributed by atoms with Crippen molar-refractivity contribution in [3.05, 3.63) is 29.8 Å². The van der Waals surface area contributed by atoms with Crippen LogP contribution >= 0.6 is 0 Å². The fourth-order valence-corrected chi connectivity index (χ4v) is 3.21. The number of nitrogens with two attached hydrogens (primary N) is 1. The van der Waals surface area contributed by atoms with Crippen molar-refractivity contribution in [1.29, 1.82) is 0 Å². The third-order valence-electron chi connectivity index (χ3n) is 4.34. The average molecular weight is 246 g/mol. The van der Waals surface area contributed by atoms with Crippen LogP contribution < -0.4 is 10.5 Å². The van der Waals surface area contributed by atoms with Gasteiger partial charge in [-0.25, -0.2) is 0 Å². The standard InChI is InChI=1S/C15H22N2O/c1-18-14-6-2-11(3-7-14)15-12(10-16)8-9-17(15)13-4-5-13/h2-3,6-7,12-13,15H,4-5,8-10,16H2,1H3. The Morgan fingerprint density at radius 1 is 1.22 bits per heavy atom. The summed E-state index contributed by atoms with van der Waals surface area (Å²) in [6.45, 7) is 2.00. The highest BCUT2D eigenvalue weighted by Gasteiger charge is 2.41. The second-order valence-electron chi connectivity index (χ2n) is 5.47. The second-order valence-corrected chi connectivity index (χ2v) is 5.47. The van der Waals surface area contributed by atoms with E-state index in [4.69, 9.17) is 10.5 Å². The molecule has 3 rings (SSSR count). The first-order chi connectivity index (χ1) is 8.83. The van der Waals surface area contributed by atoms with Crippen LogP contribution in [0.25, 0.3) is 0 Å². The van der Waals surface area contributed by atoms with Crippen LogP contribution in [0.15, 0.2) is 24.3 Å². The second kappa shape index (κ2) is 4.90. The van der Waals surface area contributed by atoms with Gasteiger partial charge in [-0.1, -0.05) is 12.1 Å². The van der Waals surface area contributed by atoms with E-state index in [-0.39, 0.29) is 0 Å². The third-order valence-corrected chi connectivity index (χ3v) is 4.34. The predicted molar refractivity (Wildman–Crippen MR) is 72.6 cm³/mol. The van der Waals surface area contributed by atoms with Gasteiger partial charge in [0.1, 0.15) is 5.75 Å². The van der Waals surface area contributed by atoms with E-state index in [0.717, 1.165) is 18.3 Å². The van der Waals surface area contributed by atoms with E-state index in [1.165, 1.54) is 31.4 Å². The van der Waals surface area contributed by atoms with Crippen molar-refractivity contribution >= 4 is 0 Å². The van der Waals surface area contributed by atoms with Gasteiger partial charge < -0.3 is 10.5 Å². The van der Waals surface area contributed by atoms with Crippen molar-refractivity contribution < 1.29 is 4.74 Å². The summed E-state index contributed by atoms with van der Waals surface area (Å²) in [7, 11) is 1.71. The zero-order chi connectivity index (χ0) is 12.5. The van der Waals surface area contributed by atoms with E-state index >= 15 is 0 Å². The molecule has 2 unspecified atom stereocenters. The van der Waals surface area contributed by atoms with E-state index in [0.29, 0.717) is 12.0 Å². The first kappa shape index (κ1) is 12.0. The molecule has 2 aliphatic rings. The van der Waals surface area contributed by atoms with E-state index in [9.17, 15) is 0 Å². The Hall–Kier alpha value is -1.06. The molecule has 2 atom stereocenters. The minimum absolute atomic E-state index is 0.522. The highest BCUT2D eigenvalue weighted by Crippen LogP contribution is 2.43. The van der Waals surface area contributed by atoms with Crippen LogP contribution in [0.1, 0.15) is 30.9 Å². The number of likely N-dealkylation sites (tertiary alicyclic amines) is 1. The summed E-state index contributed by atoms with van der Waals surface area (Å²) in [6, 6.07) is 9.86. The van der Waals surface area contributed by atoms with Crippen LogP contribution in [0.5, 0.6) is 5.75 Å². The number of rotatable bonds is 4. The molecule has 3 nitrogen and oxygen atoms in total. The summed E-state index contributed by atoms with van der Waals surface area (Å²) in [5.74, 6) is 1.54. The Labute approximate surface area is 109 Å². The Balaban J connectivity index is 1.84. The predicted octanol–water partition coefficient (Wildman–Crippen LogP) is 2.18. The number of hydrogen-bond acceptors (Lipinski definition) is 3. The zero-order valence-electron chi connectivity index (χ0n) is 11.0. The number of hydrogen-bond donors (Lipinski definition) is 1. The molecule has 1 heterocycles. The molecular weight excluding hydrogens is 224 g/mol. The molecule has 1 aromatic carbocycles. The monoisotopic (exact) mass is 246 g/mol. The molecule has 1 saturated heterocycles. The maximum atomic E-state index is 5.95. The smallest absolute Gasteiger partial charge is 0.118 e. The lowest BCUT2D eigenvalue weighted by molar-refractivity contribution is 0.220. The summed E-state index contributed by atoms with van der Waals surface area (Å²) in [4.78, 5) is 2.67. The molecular formula is C15H22N2O. The van der Waals surface area contributed by atoms with Crippen LogP contribution in [0.2, 0.25) is 0 Å². The van der Waals surface area contributed by atoms with Crippen LogP contribution in [-0.4, -0.2) is 31.1 Å². The Morgan fingerprint density at radius 3 is 2.50 bits per heavy atom. The molecule has 1 aliphatic heterocycles. The molecule has 0 aromatic heterocycles. The zero-order valence-corrected chi connectivity index (χ0v) is 11.0. The van der Waals surface area contributed by atoms with E-state index in [1.807, 2.05) is 0 Å². The van der Waals surface area contributed by atoms with Gasteiger partial charge in [-0.3, -0.25) is 4.90 Å². The largest absolute Gasteiger partial charge is 0.497 e. The lowest BCUT2D eigenvalue weighted by atomic mass is 9.93. The lowest BCUT2D eigenvalue weighted by Gasteiger charge is -2.28. The van der Waals surface area contributed by atoms with Gasteiger partial charge in [0.25, 0.3) is 0 Å². The van der Waals surface area contributed by atoms with Gasteiger partial charge in [-0.15, -0.1) is 0 Å². The van der Waals surface area contributed by atoms with Crippen molar-refractivity contribution in [2.75, 3.05) is 20.2 Å². The maximum absolute atomic E-state index is 5.95. The molecule has 18 heavy (non-hydrogen) atoms. The molecule has 1 saturated carbocycles. The molecule has 0 amide bonds. The molecule has 0 spiro atoms. The highest BCUT2D eigenvalue weighted by atomic mass is 16.5. The van der Waals surface area contributed by atoms with Crippen molar-refractivity contribution in [3.63, 3.8) is 0 Å². The number of methoxy groups -OCH3 is 1. The van der Waals surface area contributed by atoms with Crippen molar-refractivity contribution in [1.82, 2.24) is 4.90 Å². The third kappa shape index (κ3) is 2.13. The topological polar surface area (TPSA) is 38.5 Å². The van der Waals surface area contributed by atoms with Gasteiger partial charge in [0, 0.05) is 12.1 Å². The molecule has 2 N–H and O–H groups in total. The van der Waals surface area contributed by atoms with E-state index in [1.54, 1.807) is 7.11 Å². The molecule has 2 fully saturated rings. The van der Waals surface area contributed by atoms with E-state index < -0.39 is 0 Å². The van der Waals surface area contributed by atoms with Gasteiger partial charge in [-0.2, -0.15) is 0 Å². The van der Waals surface area contributed by atoms with E-state index in [2.05, 4.69) is 29.2 Å². The van der Waals surface area contributed by atoms with Gasteiger partial charge in [0.2, 0.25) is 0 Å². The van der Waals surface area contributed by atoms with Gasteiger partial charge in [0.05, 0.1) is 7.11 Å². The number of nitrogens with zero attached hydrogens (tertiary/aromatic N) is 1. The van der Waals surface area contributed by atoms with Crippen LogP contribution in [0, 0.1) is 5.92 Å². The SMILES string of the molecule is COc1ccc(C2C(CN)CCN2C2CC2)cc1. The lowest BCUT2D eigenvalue weighted by Crippen LogP contribution is -2.29. The molecule has 0 radical (unpaired) electrons.